The van der Waals surface area contributed by atoms with Crippen molar-refractivity contribution in [2.24, 2.45) is 0 Å². The van der Waals surface area contributed by atoms with E-state index in [1.165, 1.54) is 6.33 Å². The van der Waals surface area contributed by atoms with Crippen molar-refractivity contribution in [3.8, 4) is 11.8 Å². The number of nitrogens with zero attached hydrogens (tertiary/aromatic N) is 6. The van der Waals surface area contributed by atoms with Crippen LogP contribution in [0.15, 0.2) is 66.1 Å². The molecule has 1 saturated heterocycles. The zero-order valence-corrected chi connectivity index (χ0v) is 18.2. The number of aromatic nitrogens is 5. The predicted octanol–water partition coefficient (Wildman–Crippen LogP) is 4.23. The Balaban J connectivity index is 1.61. The average Bonchev–Trinajstić information content (AvgIpc) is 3.57. The molecule has 1 aliphatic heterocycles. The molecular weight excluding hydrogens is 438 g/mol. The third-order valence-electron chi connectivity index (χ3n) is 6.25. The molecule has 162 valence electrons. The van der Waals surface area contributed by atoms with Gasteiger partial charge in [0.1, 0.15) is 29.4 Å². The smallest absolute Gasteiger partial charge is 0.281 e. The Hall–Kier alpha value is -4.09. The molecule has 9 heteroatoms. The van der Waals surface area contributed by atoms with Gasteiger partial charge < -0.3 is 14.3 Å². The van der Waals surface area contributed by atoms with Gasteiger partial charge in [0, 0.05) is 30.8 Å². The Labute approximate surface area is 193 Å². The summed E-state index contributed by atoms with van der Waals surface area (Å²) < 4.78 is 3.54. The number of para-hydroxylation sites is 1. The molecule has 4 aromatic heterocycles. The highest BCUT2D eigenvalue weighted by Gasteiger charge is 2.33. The number of aromatic amines is 1. The molecule has 5 aromatic rings. The lowest BCUT2D eigenvalue weighted by Crippen LogP contribution is -2.31. The van der Waals surface area contributed by atoms with Gasteiger partial charge in [-0.15, -0.1) is 0 Å². The van der Waals surface area contributed by atoms with Gasteiger partial charge in [0.2, 0.25) is 0 Å². The van der Waals surface area contributed by atoms with E-state index in [0.717, 1.165) is 30.8 Å². The fourth-order valence-corrected chi connectivity index (χ4v) is 5.06. The van der Waals surface area contributed by atoms with E-state index in [1.807, 2.05) is 36.5 Å². The van der Waals surface area contributed by atoms with Gasteiger partial charge in [0.15, 0.2) is 0 Å². The van der Waals surface area contributed by atoms with Crippen LogP contribution in [-0.4, -0.2) is 30.5 Å². The van der Waals surface area contributed by atoms with Crippen molar-refractivity contribution in [2.75, 3.05) is 11.4 Å². The van der Waals surface area contributed by atoms with E-state index in [4.69, 9.17) is 11.6 Å². The van der Waals surface area contributed by atoms with Gasteiger partial charge >= 0.3 is 0 Å². The topological polar surface area (TPSA) is 95.0 Å². The number of rotatable bonds is 3. The number of H-pyrrole nitrogens is 1. The molecule has 0 amide bonds. The third kappa shape index (κ3) is 2.93. The first kappa shape index (κ1) is 19.6. The van der Waals surface area contributed by atoms with E-state index in [9.17, 15) is 10.1 Å². The van der Waals surface area contributed by atoms with E-state index in [0.29, 0.717) is 33.0 Å². The zero-order valence-electron chi connectivity index (χ0n) is 17.4. The second-order valence-electron chi connectivity index (χ2n) is 8.04. The second kappa shape index (κ2) is 7.50. The Morgan fingerprint density at radius 1 is 1.18 bits per heavy atom. The number of halogens is 1. The van der Waals surface area contributed by atoms with Crippen molar-refractivity contribution in [1.29, 1.82) is 5.26 Å². The van der Waals surface area contributed by atoms with Crippen LogP contribution < -0.4 is 10.5 Å². The summed E-state index contributed by atoms with van der Waals surface area (Å²) in [4.78, 5) is 27.7. The van der Waals surface area contributed by atoms with Crippen molar-refractivity contribution < 1.29 is 0 Å². The van der Waals surface area contributed by atoms with Crippen molar-refractivity contribution in [1.82, 2.24) is 23.9 Å². The maximum atomic E-state index is 13.7. The van der Waals surface area contributed by atoms with Crippen molar-refractivity contribution in [3.05, 3.63) is 87.9 Å². The van der Waals surface area contributed by atoms with Gasteiger partial charge in [-0.25, -0.2) is 9.97 Å². The van der Waals surface area contributed by atoms with Crippen LogP contribution in [0.25, 0.3) is 22.2 Å². The number of hydrogen-bond acceptors (Lipinski definition) is 5. The normalized spacial score (nSPS) is 16.0. The van der Waals surface area contributed by atoms with Crippen LogP contribution in [0.2, 0.25) is 5.02 Å². The van der Waals surface area contributed by atoms with Gasteiger partial charge in [-0.3, -0.25) is 9.36 Å². The Morgan fingerprint density at radius 3 is 2.85 bits per heavy atom. The summed E-state index contributed by atoms with van der Waals surface area (Å²) in [6.45, 7) is 0.750. The minimum Gasteiger partial charge on any atom is -0.347 e. The minimum atomic E-state index is -0.173. The molecular formula is C24H18ClN7O. The summed E-state index contributed by atoms with van der Waals surface area (Å²) in [5, 5.41) is 10.7. The third-order valence-corrected chi connectivity index (χ3v) is 6.56. The number of fused-ring (bicyclic) bond motifs is 2. The lowest BCUT2D eigenvalue weighted by molar-refractivity contribution is 0.652. The molecule has 8 nitrogen and oxygen atoms in total. The van der Waals surface area contributed by atoms with Crippen molar-refractivity contribution in [3.63, 3.8) is 0 Å². The number of nitriles is 1. The van der Waals surface area contributed by atoms with Crippen LogP contribution in [0.3, 0.4) is 0 Å². The molecule has 0 aliphatic carbocycles. The molecule has 1 fully saturated rings. The summed E-state index contributed by atoms with van der Waals surface area (Å²) in [6, 6.07) is 13.4. The first-order valence-electron chi connectivity index (χ1n) is 10.6. The minimum absolute atomic E-state index is 0.122. The molecule has 1 N–H and O–H groups in total. The highest BCUT2D eigenvalue weighted by atomic mass is 35.5. The molecule has 5 heterocycles. The van der Waals surface area contributed by atoms with Crippen LogP contribution in [0.4, 0.5) is 5.82 Å². The molecule has 1 aliphatic rings. The molecule has 1 aromatic carbocycles. The summed E-state index contributed by atoms with van der Waals surface area (Å²) in [6.07, 6.45) is 8.70. The van der Waals surface area contributed by atoms with Crippen molar-refractivity contribution in [2.45, 2.75) is 18.9 Å². The van der Waals surface area contributed by atoms with Crippen LogP contribution in [0, 0.1) is 11.3 Å². The van der Waals surface area contributed by atoms with E-state index in [2.05, 4.69) is 25.9 Å². The molecule has 0 saturated carbocycles. The SMILES string of the molecule is N#Cc1c[nH]c2ncnc(N3CCCC3c3cn4ccc(Cl)c4c(=O)n3-c3ccccc3)c12. The van der Waals surface area contributed by atoms with E-state index in [1.54, 1.807) is 27.4 Å². The van der Waals surface area contributed by atoms with E-state index >= 15 is 0 Å². The van der Waals surface area contributed by atoms with Crippen LogP contribution in [-0.2, 0) is 0 Å². The van der Waals surface area contributed by atoms with Crippen LogP contribution in [0.5, 0.6) is 0 Å². The van der Waals surface area contributed by atoms with E-state index < -0.39 is 0 Å². The summed E-state index contributed by atoms with van der Waals surface area (Å²) >= 11 is 6.36. The van der Waals surface area contributed by atoms with Gasteiger partial charge in [-0.1, -0.05) is 29.8 Å². The lowest BCUT2D eigenvalue weighted by atomic mass is 10.1. The quantitative estimate of drug-likeness (QED) is 0.439. The Kier molecular flexibility index (Phi) is 4.45. The maximum Gasteiger partial charge on any atom is 0.281 e. The maximum absolute atomic E-state index is 13.7. The summed E-state index contributed by atoms with van der Waals surface area (Å²) in [5.41, 5.74) is 3.00. The standard InChI is InChI=1S/C24H18ClN7O/c25-17-8-10-30-13-19(32(24(33)21(17)30)16-5-2-1-3-6-16)18-7-4-9-31(18)23-20-15(11-26)12-27-22(20)28-14-29-23/h1-3,5-6,8,10,12-14,18H,4,7,9H2,(H,27,28,29). The van der Waals surface area contributed by atoms with E-state index in [-0.39, 0.29) is 11.6 Å². The molecule has 1 unspecified atom stereocenters. The number of benzene rings is 1. The van der Waals surface area contributed by atoms with Gasteiger partial charge in [0.05, 0.1) is 27.7 Å². The molecule has 33 heavy (non-hydrogen) atoms. The molecule has 0 spiro atoms. The van der Waals surface area contributed by atoms with Crippen LogP contribution in [0.1, 0.15) is 30.1 Å². The number of anilines is 1. The highest BCUT2D eigenvalue weighted by molar-refractivity contribution is 6.33. The zero-order chi connectivity index (χ0) is 22.5. The lowest BCUT2D eigenvalue weighted by Gasteiger charge is -2.29. The van der Waals surface area contributed by atoms with Gasteiger partial charge in [-0.05, 0) is 31.0 Å². The number of hydrogen-bond donors (Lipinski definition) is 1. The Bertz CT molecular complexity index is 1610. The first-order chi connectivity index (χ1) is 16.2. The van der Waals surface area contributed by atoms with Crippen LogP contribution >= 0.6 is 11.6 Å². The molecule has 0 radical (unpaired) electrons. The molecule has 0 bridgehead atoms. The molecule has 6 rings (SSSR count). The largest absolute Gasteiger partial charge is 0.347 e. The summed E-state index contributed by atoms with van der Waals surface area (Å²) in [7, 11) is 0. The predicted molar refractivity (Wildman–Crippen MR) is 126 cm³/mol. The highest BCUT2D eigenvalue weighted by Crippen LogP contribution is 2.39. The fourth-order valence-electron chi connectivity index (χ4n) is 4.82. The second-order valence-corrected chi connectivity index (χ2v) is 8.44. The monoisotopic (exact) mass is 455 g/mol. The van der Waals surface area contributed by atoms with Crippen molar-refractivity contribution >= 4 is 34.0 Å². The summed E-state index contributed by atoms with van der Waals surface area (Å²) in [5.74, 6) is 0.693. The first-order valence-corrected chi connectivity index (χ1v) is 11.0. The van der Waals surface area contributed by atoms with Gasteiger partial charge in [0.25, 0.3) is 5.56 Å². The fraction of sp³-hybridized carbons (Fsp3) is 0.167. The molecule has 1 atom stereocenters. The number of nitrogens with one attached hydrogen (secondary N) is 1. The van der Waals surface area contributed by atoms with Gasteiger partial charge in [-0.2, -0.15) is 5.26 Å². The Morgan fingerprint density at radius 2 is 2.03 bits per heavy atom. The average molecular weight is 456 g/mol.